The third-order valence-electron chi connectivity index (χ3n) is 2.52. The maximum atomic E-state index is 9.57. The highest BCUT2D eigenvalue weighted by Gasteiger charge is 2.26. The van der Waals surface area contributed by atoms with Crippen LogP contribution in [-0.4, -0.2) is 11.2 Å². The lowest BCUT2D eigenvalue weighted by atomic mass is 9.80. The molecule has 10 heavy (non-hydrogen) atoms. The number of rotatable bonds is 1. The summed E-state index contributed by atoms with van der Waals surface area (Å²) in [5, 5.41) is 9.57. The molecule has 0 aromatic carbocycles. The van der Waals surface area contributed by atoms with Crippen molar-refractivity contribution >= 4 is 0 Å². The molecule has 0 radical (unpaired) electrons. The van der Waals surface area contributed by atoms with Crippen LogP contribution in [0.2, 0.25) is 0 Å². The van der Waals surface area contributed by atoms with E-state index in [1.165, 1.54) is 12.8 Å². The van der Waals surface area contributed by atoms with Gasteiger partial charge in [0.1, 0.15) is 0 Å². The van der Waals surface area contributed by atoms with Gasteiger partial charge in [0.05, 0.1) is 6.10 Å². The molecule has 0 bridgehead atoms. The second-order valence-corrected chi connectivity index (χ2v) is 3.30. The lowest BCUT2D eigenvalue weighted by Gasteiger charge is -2.30. The molecule has 1 rings (SSSR count). The Morgan fingerprint density at radius 2 is 2.20 bits per heavy atom. The lowest BCUT2D eigenvalue weighted by molar-refractivity contribution is 0.0455. The Morgan fingerprint density at radius 1 is 1.50 bits per heavy atom. The van der Waals surface area contributed by atoms with E-state index in [1.54, 1.807) is 0 Å². The molecule has 1 aliphatic rings. The van der Waals surface area contributed by atoms with E-state index >= 15 is 0 Å². The van der Waals surface area contributed by atoms with Crippen LogP contribution in [0.4, 0.5) is 0 Å². The second-order valence-electron chi connectivity index (χ2n) is 3.30. The molecule has 0 amide bonds. The minimum atomic E-state index is -0.133. The first-order valence-electron chi connectivity index (χ1n) is 4.06. The van der Waals surface area contributed by atoms with Crippen molar-refractivity contribution in [2.45, 2.75) is 32.3 Å². The van der Waals surface area contributed by atoms with E-state index in [0.29, 0.717) is 11.8 Å². The standard InChI is InChI=1S/C9H16O/c1-3-8-6-4-5-7(2)9(8)10/h3,7-10H,1,4-6H2,2H3. The highest BCUT2D eigenvalue weighted by Crippen LogP contribution is 2.29. The molecule has 0 spiro atoms. The molecule has 0 saturated heterocycles. The minimum Gasteiger partial charge on any atom is -0.392 e. The molecule has 0 aliphatic heterocycles. The first-order valence-corrected chi connectivity index (χ1v) is 4.06. The summed E-state index contributed by atoms with van der Waals surface area (Å²) < 4.78 is 0. The van der Waals surface area contributed by atoms with E-state index in [9.17, 15) is 5.11 Å². The van der Waals surface area contributed by atoms with E-state index in [2.05, 4.69) is 13.5 Å². The van der Waals surface area contributed by atoms with E-state index in [1.807, 2.05) is 6.08 Å². The molecule has 1 N–H and O–H groups in total. The lowest BCUT2D eigenvalue weighted by Crippen LogP contribution is -2.30. The van der Waals surface area contributed by atoms with Crippen molar-refractivity contribution in [3.8, 4) is 0 Å². The van der Waals surface area contributed by atoms with Crippen molar-refractivity contribution < 1.29 is 5.11 Å². The van der Waals surface area contributed by atoms with Gasteiger partial charge in [-0.25, -0.2) is 0 Å². The van der Waals surface area contributed by atoms with Crippen LogP contribution in [0.1, 0.15) is 26.2 Å². The van der Waals surface area contributed by atoms with Gasteiger partial charge in [-0.05, 0) is 18.8 Å². The number of hydrogen-bond donors (Lipinski definition) is 1. The van der Waals surface area contributed by atoms with Crippen LogP contribution in [0, 0.1) is 11.8 Å². The molecule has 1 fully saturated rings. The van der Waals surface area contributed by atoms with Crippen molar-refractivity contribution in [1.82, 2.24) is 0 Å². The topological polar surface area (TPSA) is 20.2 Å². The van der Waals surface area contributed by atoms with Crippen LogP contribution in [0.15, 0.2) is 12.7 Å². The molecule has 3 unspecified atom stereocenters. The molecule has 0 heterocycles. The van der Waals surface area contributed by atoms with Crippen LogP contribution < -0.4 is 0 Å². The van der Waals surface area contributed by atoms with Gasteiger partial charge in [-0.15, -0.1) is 6.58 Å². The van der Waals surface area contributed by atoms with Crippen molar-refractivity contribution in [3.63, 3.8) is 0 Å². The van der Waals surface area contributed by atoms with Gasteiger partial charge in [-0.2, -0.15) is 0 Å². The highest BCUT2D eigenvalue weighted by molar-refractivity contribution is 4.89. The average Bonchev–Trinajstić information content (AvgIpc) is 1.95. The molecular formula is C9H16O. The van der Waals surface area contributed by atoms with Crippen LogP contribution in [0.3, 0.4) is 0 Å². The average molecular weight is 140 g/mol. The molecule has 1 saturated carbocycles. The van der Waals surface area contributed by atoms with E-state index in [-0.39, 0.29) is 6.10 Å². The molecule has 1 heteroatoms. The first-order chi connectivity index (χ1) is 4.75. The summed E-state index contributed by atoms with van der Waals surface area (Å²) in [4.78, 5) is 0. The first kappa shape index (κ1) is 7.80. The number of hydrogen-bond acceptors (Lipinski definition) is 1. The molecule has 0 aromatic heterocycles. The summed E-state index contributed by atoms with van der Waals surface area (Å²) in [7, 11) is 0. The highest BCUT2D eigenvalue weighted by atomic mass is 16.3. The Bertz CT molecular complexity index is 120. The molecular weight excluding hydrogens is 124 g/mol. The van der Waals surface area contributed by atoms with Gasteiger partial charge in [0.25, 0.3) is 0 Å². The maximum Gasteiger partial charge on any atom is 0.0628 e. The van der Waals surface area contributed by atoms with Crippen molar-refractivity contribution in [1.29, 1.82) is 0 Å². The van der Waals surface area contributed by atoms with Gasteiger partial charge in [0, 0.05) is 5.92 Å². The number of aliphatic hydroxyl groups excluding tert-OH is 1. The normalized spacial score (nSPS) is 41.2. The van der Waals surface area contributed by atoms with Gasteiger partial charge >= 0.3 is 0 Å². The van der Waals surface area contributed by atoms with Gasteiger partial charge in [0.15, 0.2) is 0 Å². The zero-order valence-corrected chi connectivity index (χ0v) is 6.59. The fraction of sp³-hybridized carbons (Fsp3) is 0.778. The van der Waals surface area contributed by atoms with Crippen LogP contribution in [-0.2, 0) is 0 Å². The molecule has 58 valence electrons. The van der Waals surface area contributed by atoms with Crippen molar-refractivity contribution in [2.75, 3.05) is 0 Å². The van der Waals surface area contributed by atoms with Crippen molar-refractivity contribution in [3.05, 3.63) is 12.7 Å². The zero-order valence-electron chi connectivity index (χ0n) is 6.59. The number of aliphatic hydroxyl groups is 1. The second kappa shape index (κ2) is 3.20. The third kappa shape index (κ3) is 1.40. The Morgan fingerprint density at radius 3 is 2.70 bits per heavy atom. The maximum absolute atomic E-state index is 9.57. The summed E-state index contributed by atoms with van der Waals surface area (Å²) in [5.41, 5.74) is 0. The monoisotopic (exact) mass is 140 g/mol. The summed E-state index contributed by atoms with van der Waals surface area (Å²) in [6, 6.07) is 0. The summed E-state index contributed by atoms with van der Waals surface area (Å²) in [6.45, 7) is 5.82. The summed E-state index contributed by atoms with van der Waals surface area (Å²) in [6.07, 6.45) is 5.29. The summed E-state index contributed by atoms with van der Waals surface area (Å²) in [5.74, 6) is 0.820. The largest absolute Gasteiger partial charge is 0.392 e. The molecule has 0 aromatic rings. The molecule has 3 atom stereocenters. The van der Waals surface area contributed by atoms with Gasteiger partial charge in [-0.3, -0.25) is 0 Å². The third-order valence-corrected chi connectivity index (χ3v) is 2.52. The minimum absolute atomic E-state index is 0.133. The Kier molecular flexibility index (Phi) is 2.50. The predicted octanol–water partition coefficient (Wildman–Crippen LogP) is 1.97. The molecule has 1 aliphatic carbocycles. The van der Waals surface area contributed by atoms with Gasteiger partial charge in [0.2, 0.25) is 0 Å². The quantitative estimate of drug-likeness (QED) is 0.552. The fourth-order valence-electron chi connectivity index (χ4n) is 1.70. The predicted molar refractivity (Wildman–Crippen MR) is 42.7 cm³/mol. The summed E-state index contributed by atoms with van der Waals surface area (Å²) >= 11 is 0. The van der Waals surface area contributed by atoms with Gasteiger partial charge < -0.3 is 5.11 Å². The van der Waals surface area contributed by atoms with Crippen molar-refractivity contribution in [2.24, 2.45) is 11.8 Å². The van der Waals surface area contributed by atoms with Gasteiger partial charge in [-0.1, -0.05) is 19.4 Å². The Balaban J connectivity index is 2.50. The SMILES string of the molecule is C=CC1CCCC(C)C1O. The van der Waals surface area contributed by atoms with E-state index in [4.69, 9.17) is 0 Å². The van der Waals surface area contributed by atoms with Crippen LogP contribution in [0.25, 0.3) is 0 Å². The van der Waals surface area contributed by atoms with Crippen LogP contribution >= 0.6 is 0 Å². The van der Waals surface area contributed by atoms with E-state index < -0.39 is 0 Å². The van der Waals surface area contributed by atoms with E-state index in [0.717, 1.165) is 6.42 Å². The molecule has 1 nitrogen and oxygen atoms in total. The Labute approximate surface area is 62.8 Å². The zero-order chi connectivity index (χ0) is 7.56. The smallest absolute Gasteiger partial charge is 0.0628 e. The Hall–Kier alpha value is -0.300. The van der Waals surface area contributed by atoms with Crippen LogP contribution in [0.5, 0.6) is 0 Å². The fourth-order valence-corrected chi connectivity index (χ4v) is 1.70.